The van der Waals surface area contributed by atoms with Crippen molar-refractivity contribution in [3.8, 4) is 0 Å². The van der Waals surface area contributed by atoms with E-state index in [0.717, 1.165) is 25.9 Å². The maximum atomic E-state index is 11.2. The number of hydrogen-bond donors (Lipinski definition) is 4. The van der Waals surface area contributed by atoms with Gasteiger partial charge in [-0.25, -0.2) is 0 Å². The Balaban J connectivity index is 3.40. The van der Waals surface area contributed by atoms with Gasteiger partial charge in [-0.15, -0.1) is 0 Å². The highest BCUT2D eigenvalue weighted by atomic mass is 16.3. The molecule has 0 aromatic rings. The largest absolute Gasteiger partial charge is 0.394 e. The molecule has 0 atom stereocenters. The SMILES string of the molecule is CCCNCCCC(=O)NC(CO)CO. The van der Waals surface area contributed by atoms with Crippen molar-refractivity contribution in [3.63, 3.8) is 0 Å². The lowest BCUT2D eigenvalue weighted by Gasteiger charge is -2.13. The van der Waals surface area contributed by atoms with E-state index < -0.39 is 6.04 Å². The molecule has 0 heterocycles. The average Bonchev–Trinajstić information content (AvgIpc) is 2.25. The van der Waals surface area contributed by atoms with Crippen LogP contribution in [0.1, 0.15) is 26.2 Å². The van der Waals surface area contributed by atoms with Crippen LogP contribution in [0, 0.1) is 0 Å². The van der Waals surface area contributed by atoms with Crippen molar-refractivity contribution < 1.29 is 15.0 Å². The zero-order valence-corrected chi connectivity index (χ0v) is 9.33. The number of aliphatic hydroxyl groups is 2. The number of rotatable bonds is 9. The highest BCUT2D eigenvalue weighted by Gasteiger charge is 2.08. The molecule has 5 nitrogen and oxygen atoms in total. The molecule has 0 unspecified atom stereocenters. The minimum absolute atomic E-state index is 0.124. The molecule has 15 heavy (non-hydrogen) atoms. The topological polar surface area (TPSA) is 81.6 Å². The summed E-state index contributed by atoms with van der Waals surface area (Å²) in [6.45, 7) is 3.43. The molecule has 0 bridgehead atoms. The maximum Gasteiger partial charge on any atom is 0.220 e. The zero-order chi connectivity index (χ0) is 11.5. The van der Waals surface area contributed by atoms with E-state index >= 15 is 0 Å². The first-order valence-electron chi connectivity index (χ1n) is 5.46. The number of carbonyl (C=O) groups excluding carboxylic acids is 1. The van der Waals surface area contributed by atoms with Crippen LogP contribution >= 0.6 is 0 Å². The summed E-state index contributed by atoms with van der Waals surface area (Å²) in [4.78, 5) is 11.2. The van der Waals surface area contributed by atoms with Crippen molar-refractivity contribution >= 4 is 5.91 Å². The van der Waals surface area contributed by atoms with Crippen LogP contribution in [0.5, 0.6) is 0 Å². The molecular formula is C10H22N2O3. The molecule has 0 saturated carbocycles. The first kappa shape index (κ1) is 14.3. The van der Waals surface area contributed by atoms with Crippen LogP contribution in [0.25, 0.3) is 0 Å². The summed E-state index contributed by atoms with van der Waals surface area (Å²) < 4.78 is 0. The normalized spacial score (nSPS) is 10.7. The summed E-state index contributed by atoms with van der Waals surface area (Å²) in [5.41, 5.74) is 0. The molecule has 0 fully saturated rings. The van der Waals surface area contributed by atoms with Crippen LogP contribution in [0.3, 0.4) is 0 Å². The third-order valence-corrected chi connectivity index (χ3v) is 1.99. The van der Waals surface area contributed by atoms with Crippen LogP contribution in [0.2, 0.25) is 0 Å². The highest BCUT2D eigenvalue weighted by Crippen LogP contribution is 1.89. The first-order valence-corrected chi connectivity index (χ1v) is 5.46. The standard InChI is InChI=1S/C10H22N2O3/c1-2-5-11-6-3-4-10(15)12-9(7-13)8-14/h9,11,13-14H,2-8H2,1H3,(H,12,15). The van der Waals surface area contributed by atoms with Crippen LogP contribution in [-0.2, 0) is 4.79 Å². The van der Waals surface area contributed by atoms with Crippen molar-refractivity contribution in [1.82, 2.24) is 10.6 Å². The third kappa shape index (κ3) is 8.35. The summed E-state index contributed by atoms with van der Waals surface area (Å²) >= 11 is 0. The molecule has 0 radical (unpaired) electrons. The molecule has 0 aromatic heterocycles. The Morgan fingerprint density at radius 3 is 2.47 bits per heavy atom. The Hall–Kier alpha value is -0.650. The Kier molecular flexibility index (Phi) is 9.46. The number of amides is 1. The lowest BCUT2D eigenvalue weighted by molar-refractivity contribution is -0.122. The Bertz CT molecular complexity index is 161. The quantitative estimate of drug-likeness (QED) is 0.383. The zero-order valence-electron chi connectivity index (χ0n) is 9.33. The summed E-state index contributed by atoms with van der Waals surface area (Å²) in [6, 6.07) is -0.527. The predicted molar refractivity (Wildman–Crippen MR) is 58.5 cm³/mol. The van der Waals surface area contributed by atoms with Gasteiger partial charge in [-0.3, -0.25) is 4.79 Å². The number of hydrogen-bond acceptors (Lipinski definition) is 4. The second-order valence-corrected chi connectivity index (χ2v) is 3.48. The van der Waals surface area contributed by atoms with Gasteiger partial charge in [0.15, 0.2) is 0 Å². The van der Waals surface area contributed by atoms with Crippen LogP contribution in [0.4, 0.5) is 0 Å². The van der Waals surface area contributed by atoms with Gasteiger partial charge in [-0.1, -0.05) is 6.92 Å². The van der Waals surface area contributed by atoms with Crippen LogP contribution in [0.15, 0.2) is 0 Å². The molecule has 0 rings (SSSR count). The lowest BCUT2D eigenvalue weighted by Crippen LogP contribution is -2.40. The number of aliphatic hydroxyl groups excluding tert-OH is 2. The van der Waals surface area contributed by atoms with Gasteiger partial charge in [0.05, 0.1) is 19.3 Å². The van der Waals surface area contributed by atoms with E-state index in [4.69, 9.17) is 10.2 Å². The van der Waals surface area contributed by atoms with E-state index in [-0.39, 0.29) is 19.1 Å². The van der Waals surface area contributed by atoms with Crippen molar-refractivity contribution in [2.45, 2.75) is 32.2 Å². The van der Waals surface area contributed by atoms with Crippen LogP contribution in [-0.4, -0.2) is 48.5 Å². The molecule has 0 aliphatic heterocycles. The van der Waals surface area contributed by atoms with E-state index in [1.54, 1.807) is 0 Å². The Morgan fingerprint density at radius 1 is 1.27 bits per heavy atom. The molecule has 4 N–H and O–H groups in total. The minimum Gasteiger partial charge on any atom is -0.394 e. The molecule has 0 spiro atoms. The Morgan fingerprint density at radius 2 is 1.93 bits per heavy atom. The smallest absolute Gasteiger partial charge is 0.220 e. The van der Waals surface area contributed by atoms with Gasteiger partial charge >= 0.3 is 0 Å². The first-order chi connectivity index (χ1) is 7.24. The van der Waals surface area contributed by atoms with Gasteiger partial charge in [-0.2, -0.15) is 0 Å². The van der Waals surface area contributed by atoms with Gasteiger partial charge in [0.25, 0.3) is 0 Å². The average molecular weight is 218 g/mol. The number of carbonyl (C=O) groups is 1. The van der Waals surface area contributed by atoms with Gasteiger partial charge in [0.2, 0.25) is 5.91 Å². The molecular weight excluding hydrogens is 196 g/mol. The van der Waals surface area contributed by atoms with Gasteiger partial charge in [-0.05, 0) is 25.9 Å². The third-order valence-electron chi connectivity index (χ3n) is 1.99. The van der Waals surface area contributed by atoms with Crippen molar-refractivity contribution in [3.05, 3.63) is 0 Å². The van der Waals surface area contributed by atoms with Crippen molar-refractivity contribution in [2.75, 3.05) is 26.3 Å². The summed E-state index contributed by atoms with van der Waals surface area (Å²) in [5.74, 6) is -0.124. The van der Waals surface area contributed by atoms with Gasteiger partial charge in [0, 0.05) is 6.42 Å². The van der Waals surface area contributed by atoms with Gasteiger partial charge in [0.1, 0.15) is 0 Å². The fourth-order valence-electron chi connectivity index (χ4n) is 1.12. The molecule has 5 heteroatoms. The maximum absolute atomic E-state index is 11.2. The highest BCUT2D eigenvalue weighted by molar-refractivity contribution is 5.76. The Labute approximate surface area is 90.9 Å². The fraction of sp³-hybridized carbons (Fsp3) is 0.900. The van der Waals surface area contributed by atoms with Crippen molar-refractivity contribution in [2.24, 2.45) is 0 Å². The molecule has 90 valence electrons. The van der Waals surface area contributed by atoms with E-state index in [9.17, 15) is 4.79 Å². The van der Waals surface area contributed by atoms with Crippen molar-refractivity contribution in [1.29, 1.82) is 0 Å². The lowest BCUT2D eigenvalue weighted by atomic mass is 10.2. The molecule has 0 aromatic carbocycles. The summed E-state index contributed by atoms with van der Waals surface area (Å²) in [7, 11) is 0. The molecule has 0 aliphatic carbocycles. The van der Waals surface area contributed by atoms with E-state index in [2.05, 4.69) is 17.6 Å². The monoisotopic (exact) mass is 218 g/mol. The molecule has 0 aliphatic rings. The fourth-order valence-corrected chi connectivity index (χ4v) is 1.12. The second kappa shape index (κ2) is 9.89. The summed E-state index contributed by atoms with van der Waals surface area (Å²) in [5, 5.41) is 23.2. The predicted octanol–water partition coefficient (Wildman–Crippen LogP) is -0.764. The molecule has 1 amide bonds. The molecule has 0 saturated heterocycles. The van der Waals surface area contributed by atoms with Gasteiger partial charge < -0.3 is 20.8 Å². The number of nitrogens with one attached hydrogen (secondary N) is 2. The summed E-state index contributed by atoms with van der Waals surface area (Å²) in [6.07, 6.45) is 2.28. The van der Waals surface area contributed by atoms with Crippen LogP contribution < -0.4 is 10.6 Å². The second-order valence-electron chi connectivity index (χ2n) is 3.48. The van der Waals surface area contributed by atoms with E-state index in [1.807, 2.05) is 0 Å². The minimum atomic E-state index is -0.527. The van der Waals surface area contributed by atoms with E-state index in [1.165, 1.54) is 0 Å². The van der Waals surface area contributed by atoms with E-state index in [0.29, 0.717) is 6.42 Å².